The van der Waals surface area contributed by atoms with Crippen LogP contribution in [0.15, 0.2) is 24.5 Å². The number of ether oxygens (including phenoxy) is 1. The molecule has 2 aromatic heterocycles. The molecule has 0 saturated carbocycles. The Balaban J connectivity index is 2.08. The zero-order valence-corrected chi connectivity index (χ0v) is 14.9. The van der Waals surface area contributed by atoms with E-state index in [1.165, 1.54) is 6.33 Å². The van der Waals surface area contributed by atoms with Gasteiger partial charge in [0.2, 0.25) is 0 Å². The van der Waals surface area contributed by atoms with Gasteiger partial charge in [0, 0.05) is 16.9 Å². The van der Waals surface area contributed by atoms with Crippen LogP contribution in [-0.4, -0.2) is 33.8 Å². The van der Waals surface area contributed by atoms with Gasteiger partial charge in [-0.25, -0.2) is 9.97 Å². The summed E-state index contributed by atoms with van der Waals surface area (Å²) in [6.07, 6.45) is 1.38. The van der Waals surface area contributed by atoms with E-state index in [1.807, 2.05) is 26.0 Å². The Morgan fingerprint density at radius 2 is 2.08 bits per heavy atom. The molecule has 5 N–H and O–H groups in total. The zero-order valence-electron chi connectivity index (χ0n) is 14.1. The van der Waals surface area contributed by atoms with E-state index in [1.54, 1.807) is 13.2 Å². The number of benzene rings is 1. The topological polar surface area (TPSA) is 113 Å². The van der Waals surface area contributed by atoms with Gasteiger partial charge in [-0.1, -0.05) is 11.6 Å². The van der Waals surface area contributed by atoms with Crippen LogP contribution in [0.5, 0.6) is 5.75 Å². The first kappa shape index (κ1) is 17.0. The molecule has 0 amide bonds. The van der Waals surface area contributed by atoms with Crippen molar-refractivity contribution in [3.63, 3.8) is 0 Å². The van der Waals surface area contributed by atoms with Crippen LogP contribution in [0.1, 0.15) is 25.1 Å². The van der Waals surface area contributed by atoms with Gasteiger partial charge in [-0.2, -0.15) is 0 Å². The molecule has 0 aliphatic heterocycles. The number of methoxy groups -OCH3 is 1. The van der Waals surface area contributed by atoms with E-state index in [9.17, 15) is 0 Å². The van der Waals surface area contributed by atoms with Crippen LogP contribution in [0.3, 0.4) is 0 Å². The van der Waals surface area contributed by atoms with E-state index in [-0.39, 0.29) is 17.6 Å². The fraction of sp³-hybridized carbons (Fsp3) is 0.235. The summed E-state index contributed by atoms with van der Waals surface area (Å²) in [6, 6.07) is 5.59. The number of aromatic amines is 1. The first-order chi connectivity index (χ1) is 11.9. The molecule has 2 heterocycles. The second-order valence-electron chi connectivity index (χ2n) is 5.91. The van der Waals surface area contributed by atoms with Crippen molar-refractivity contribution in [2.75, 3.05) is 18.2 Å². The highest BCUT2D eigenvalue weighted by atomic mass is 35.5. The van der Waals surface area contributed by atoms with E-state index in [4.69, 9.17) is 27.5 Å². The second kappa shape index (κ2) is 6.60. The van der Waals surface area contributed by atoms with Crippen LogP contribution in [-0.2, 0) is 0 Å². The molecule has 0 saturated heterocycles. The number of hydrogen-bond acceptors (Lipinski definition) is 6. The highest BCUT2D eigenvalue weighted by Gasteiger charge is 2.19. The maximum Gasteiger partial charge on any atom is 0.141 e. The number of fused-ring (bicyclic) bond motifs is 1. The predicted molar refractivity (Wildman–Crippen MR) is 101 cm³/mol. The summed E-state index contributed by atoms with van der Waals surface area (Å²) in [7, 11) is 1.56. The van der Waals surface area contributed by atoms with E-state index in [0.717, 1.165) is 10.9 Å². The minimum absolute atomic E-state index is 0.145. The van der Waals surface area contributed by atoms with Crippen LogP contribution < -0.4 is 15.8 Å². The van der Waals surface area contributed by atoms with Gasteiger partial charge in [-0.15, -0.1) is 0 Å². The van der Waals surface area contributed by atoms with Crippen molar-refractivity contribution in [2.45, 2.75) is 19.9 Å². The molecule has 7 nitrogen and oxygen atoms in total. The van der Waals surface area contributed by atoms with Crippen molar-refractivity contribution in [1.29, 1.82) is 5.41 Å². The quantitative estimate of drug-likeness (QED) is 0.522. The number of hydrogen-bond donors (Lipinski definition) is 4. The minimum atomic E-state index is 0.145. The summed E-state index contributed by atoms with van der Waals surface area (Å²) in [5.74, 6) is 1.36. The Labute approximate surface area is 150 Å². The molecule has 0 unspecified atom stereocenters. The molecule has 0 spiro atoms. The fourth-order valence-corrected chi connectivity index (χ4v) is 2.83. The highest BCUT2D eigenvalue weighted by molar-refractivity contribution is 6.33. The van der Waals surface area contributed by atoms with Crippen LogP contribution in [0.2, 0.25) is 5.02 Å². The average Bonchev–Trinajstić information content (AvgIpc) is 2.95. The highest BCUT2D eigenvalue weighted by Crippen LogP contribution is 2.31. The van der Waals surface area contributed by atoms with Gasteiger partial charge in [0.25, 0.3) is 0 Å². The number of nitrogens with zero attached hydrogens (tertiary/aromatic N) is 2. The third-order valence-electron chi connectivity index (χ3n) is 3.71. The maximum absolute atomic E-state index is 8.59. The number of anilines is 2. The molecule has 3 rings (SSSR count). The Hall–Kier alpha value is -2.80. The number of nitrogens with two attached hydrogens (primary N) is 1. The molecule has 130 valence electrons. The van der Waals surface area contributed by atoms with Gasteiger partial charge in [-0.3, -0.25) is 5.41 Å². The fourth-order valence-electron chi connectivity index (χ4n) is 2.59. The van der Waals surface area contributed by atoms with Gasteiger partial charge in [0.15, 0.2) is 0 Å². The third-order valence-corrected chi connectivity index (χ3v) is 4.01. The van der Waals surface area contributed by atoms with Crippen molar-refractivity contribution in [2.24, 2.45) is 0 Å². The average molecular weight is 359 g/mol. The number of nitrogen functional groups attached to an aromatic ring is 1. The lowest BCUT2D eigenvalue weighted by molar-refractivity contribution is 0.415. The van der Waals surface area contributed by atoms with E-state index < -0.39 is 0 Å². The van der Waals surface area contributed by atoms with Gasteiger partial charge in [-0.05, 0) is 32.0 Å². The molecular formula is C17H19ClN6O. The van der Waals surface area contributed by atoms with Crippen molar-refractivity contribution in [1.82, 2.24) is 15.0 Å². The number of nitrogens with one attached hydrogen (secondary N) is 3. The predicted octanol–water partition coefficient (Wildman–Crippen LogP) is 3.44. The minimum Gasteiger partial charge on any atom is -0.495 e. The first-order valence-corrected chi connectivity index (χ1v) is 8.11. The van der Waals surface area contributed by atoms with Crippen LogP contribution in [0, 0.1) is 5.41 Å². The molecule has 0 bridgehead atoms. The van der Waals surface area contributed by atoms with Crippen molar-refractivity contribution in [3.05, 3.63) is 40.8 Å². The maximum atomic E-state index is 8.59. The normalized spacial score (nSPS) is 11.1. The number of rotatable bonds is 5. The number of halogens is 1. The summed E-state index contributed by atoms with van der Waals surface area (Å²) in [5.41, 5.74) is 8.07. The lowest BCUT2D eigenvalue weighted by Crippen LogP contribution is -2.18. The van der Waals surface area contributed by atoms with Crippen molar-refractivity contribution in [3.8, 4) is 5.75 Å². The summed E-state index contributed by atoms with van der Waals surface area (Å²) in [5, 5.41) is 13.2. The first-order valence-electron chi connectivity index (χ1n) is 7.73. The third kappa shape index (κ3) is 3.23. The summed E-state index contributed by atoms with van der Waals surface area (Å²) in [6.45, 7) is 3.98. The van der Waals surface area contributed by atoms with Gasteiger partial charge in [0.1, 0.15) is 23.7 Å². The lowest BCUT2D eigenvalue weighted by Gasteiger charge is -2.14. The molecule has 3 aromatic rings. The summed E-state index contributed by atoms with van der Waals surface area (Å²) >= 11 is 6.17. The number of H-pyrrole nitrogens is 1. The Morgan fingerprint density at radius 1 is 1.32 bits per heavy atom. The largest absolute Gasteiger partial charge is 0.495 e. The van der Waals surface area contributed by atoms with Crippen LogP contribution in [0.25, 0.3) is 10.9 Å². The molecule has 1 aromatic carbocycles. The van der Waals surface area contributed by atoms with Crippen LogP contribution >= 0.6 is 11.6 Å². The Kier molecular flexibility index (Phi) is 4.50. The Bertz CT molecular complexity index is 950. The number of aromatic nitrogens is 3. The zero-order chi connectivity index (χ0) is 18.1. The molecule has 0 radical (unpaired) electrons. The summed E-state index contributed by atoms with van der Waals surface area (Å²) < 4.78 is 5.24. The van der Waals surface area contributed by atoms with Crippen molar-refractivity contribution < 1.29 is 4.74 Å². The summed E-state index contributed by atoms with van der Waals surface area (Å²) in [4.78, 5) is 11.4. The second-order valence-corrected chi connectivity index (χ2v) is 6.32. The van der Waals surface area contributed by atoms with E-state index >= 15 is 0 Å². The Morgan fingerprint density at radius 3 is 2.76 bits per heavy atom. The monoisotopic (exact) mass is 358 g/mol. The van der Waals surface area contributed by atoms with Gasteiger partial charge < -0.3 is 20.8 Å². The smallest absolute Gasteiger partial charge is 0.141 e. The van der Waals surface area contributed by atoms with Crippen molar-refractivity contribution >= 4 is 39.9 Å². The van der Waals surface area contributed by atoms with E-state index in [0.29, 0.717) is 27.8 Å². The standard InChI is InChI=1S/C17H19ClN6O/c1-8(2)23-17-14(16(20)21-7-22-17)15(19)12-4-9-5-13(25-3)10(18)6-11(9)24-12/h4-8,19,24H,1-3H3,(H3,20,21,22,23). The SMILES string of the molecule is COc1cc2cc(C(=N)c3c(N)ncnc3NC(C)C)[nH]c2cc1Cl. The lowest BCUT2D eigenvalue weighted by atomic mass is 10.1. The molecule has 8 heteroatoms. The van der Waals surface area contributed by atoms with Gasteiger partial charge >= 0.3 is 0 Å². The molecule has 0 aliphatic rings. The molecule has 0 atom stereocenters. The molecule has 0 aliphatic carbocycles. The van der Waals surface area contributed by atoms with Gasteiger partial charge in [0.05, 0.1) is 29.1 Å². The molecule has 0 fully saturated rings. The van der Waals surface area contributed by atoms with E-state index in [2.05, 4.69) is 20.3 Å². The molecule has 25 heavy (non-hydrogen) atoms. The molecular weight excluding hydrogens is 340 g/mol. The van der Waals surface area contributed by atoms with Crippen LogP contribution in [0.4, 0.5) is 11.6 Å².